The van der Waals surface area contributed by atoms with Crippen LogP contribution in [0.15, 0.2) is 52.1 Å². The number of fused-ring (bicyclic) bond motifs is 2. The van der Waals surface area contributed by atoms with Crippen molar-refractivity contribution in [2.24, 2.45) is 0 Å². The number of aromatic nitrogens is 2. The lowest BCUT2D eigenvalue weighted by molar-refractivity contribution is -0.121. The second kappa shape index (κ2) is 7.59. The number of carbonyl (C=O) groups excluding carboxylic acids is 1. The minimum absolute atomic E-state index is 0.136. The van der Waals surface area contributed by atoms with Gasteiger partial charge in [0.25, 0.3) is 5.56 Å². The van der Waals surface area contributed by atoms with Crippen molar-refractivity contribution in [1.29, 1.82) is 0 Å². The number of nitrogens with one attached hydrogen (secondary N) is 2. The van der Waals surface area contributed by atoms with Crippen molar-refractivity contribution in [3.8, 4) is 11.5 Å². The third-order valence-electron chi connectivity index (χ3n) is 4.64. The van der Waals surface area contributed by atoms with Crippen LogP contribution in [-0.4, -0.2) is 28.8 Å². The van der Waals surface area contributed by atoms with Crippen molar-refractivity contribution in [1.82, 2.24) is 14.9 Å². The molecule has 8 heteroatoms. The number of hydrogen-bond acceptors (Lipinski definition) is 5. The molecule has 0 saturated heterocycles. The maximum atomic E-state index is 12.2. The van der Waals surface area contributed by atoms with Gasteiger partial charge in [-0.1, -0.05) is 18.2 Å². The number of para-hydroxylation sites is 1. The van der Waals surface area contributed by atoms with E-state index in [-0.39, 0.29) is 25.7 Å². The number of aromatic amines is 1. The molecule has 2 aromatic carbocycles. The first-order chi connectivity index (χ1) is 13.6. The molecule has 28 heavy (non-hydrogen) atoms. The van der Waals surface area contributed by atoms with E-state index in [1.807, 2.05) is 18.2 Å². The van der Waals surface area contributed by atoms with Crippen LogP contribution in [0.4, 0.5) is 0 Å². The molecule has 144 valence electrons. The molecule has 1 aliphatic rings. The normalized spacial score (nSPS) is 12.3. The highest BCUT2D eigenvalue weighted by molar-refractivity contribution is 5.78. The Morgan fingerprint density at radius 3 is 2.82 bits per heavy atom. The van der Waals surface area contributed by atoms with E-state index in [0.29, 0.717) is 29.6 Å². The van der Waals surface area contributed by atoms with Gasteiger partial charge in [-0.25, -0.2) is 4.79 Å². The van der Waals surface area contributed by atoms with Crippen molar-refractivity contribution in [3.05, 3.63) is 68.9 Å². The smallest absolute Gasteiger partial charge is 0.328 e. The van der Waals surface area contributed by atoms with Crippen LogP contribution in [-0.2, 0) is 17.8 Å². The molecule has 3 aromatic rings. The molecule has 0 bridgehead atoms. The molecule has 1 aliphatic heterocycles. The molecule has 2 N–H and O–H groups in total. The summed E-state index contributed by atoms with van der Waals surface area (Å²) in [5.41, 5.74) is 0.610. The van der Waals surface area contributed by atoms with Gasteiger partial charge in [0.1, 0.15) is 0 Å². The lowest BCUT2D eigenvalue weighted by atomic mass is 10.1. The van der Waals surface area contributed by atoms with Gasteiger partial charge in [-0.05, 0) is 36.2 Å². The average molecular weight is 381 g/mol. The average Bonchev–Trinajstić information content (AvgIpc) is 3.16. The van der Waals surface area contributed by atoms with Crippen LogP contribution in [0.25, 0.3) is 10.9 Å². The Morgan fingerprint density at radius 1 is 1.11 bits per heavy atom. The van der Waals surface area contributed by atoms with Crippen molar-refractivity contribution in [2.75, 3.05) is 13.3 Å². The molecule has 0 atom stereocenters. The summed E-state index contributed by atoms with van der Waals surface area (Å²) in [5, 5.41) is 3.27. The number of ether oxygens (including phenoxy) is 2. The molecule has 4 rings (SSSR count). The number of amides is 1. The van der Waals surface area contributed by atoms with Gasteiger partial charge in [0.15, 0.2) is 11.5 Å². The fourth-order valence-electron chi connectivity index (χ4n) is 3.21. The maximum Gasteiger partial charge on any atom is 0.328 e. The standard InChI is InChI=1S/C20H19N3O5/c24-18(21-9-7-13-5-6-16-17(11-13)28-12-27-16)8-10-23-15-4-2-1-3-14(15)19(25)22-20(23)26/h1-6,11H,7-10,12H2,(H,21,24)(H,22,25,26). The number of hydrogen-bond donors (Lipinski definition) is 2. The molecule has 0 aliphatic carbocycles. The quantitative estimate of drug-likeness (QED) is 0.667. The highest BCUT2D eigenvalue weighted by Crippen LogP contribution is 2.32. The molecule has 1 amide bonds. The number of H-pyrrole nitrogens is 1. The van der Waals surface area contributed by atoms with Gasteiger partial charge >= 0.3 is 5.69 Å². The summed E-state index contributed by atoms with van der Waals surface area (Å²) in [6.45, 7) is 0.889. The van der Waals surface area contributed by atoms with Gasteiger partial charge in [-0.2, -0.15) is 0 Å². The van der Waals surface area contributed by atoms with Crippen LogP contribution >= 0.6 is 0 Å². The summed E-state index contributed by atoms with van der Waals surface area (Å²) in [4.78, 5) is 38.4. The minimum Gasteiger partial charge on any atom is -0.454 e. The van der Waals surface area contributed by atoms with E-state index in [9.17, 15) is 14.4 Å². The third kappa shape index (κ3) is 3.62. The van der Waals surface area contributed by atoms with Crippen LogP contribution in [0.2, 0.25) is 0 Å². The Morgan fingerprint density at radius 2 is 1.93 bits per heavy atom. The van der Waals surface area contributed by atoms with Crippen LogP contribution in [0.3, 0.4) is 0 Å². The van der Waals surface area contributed by atoms with E-state index in [1.54, 1.807) is 24.3 Å². The minimum atomic E-state index is -0.517. The van der Waals surface area contributed by atoms with Gasteiger partial charge in [-0.15, -0.1) is 0 Å². The van der Waals surface area contributed by atoms with Crippen LogP contribution < -0.4 is 26.0 Å². The number of carbonyl (C=O) groups is 1. The Hall–Kier alpha value is -3.55. The topological polar surface area (TPSA) is 102 Å². The first-order valence-corrected chi connectivity index (χ1v) is 8.99. The lowest BCUT2D eigenvalue weighted by Crippen LogP contribution is -2.33. The summed E-state index contributed by atoms with van der Waals surface area (Å²) in [7, 11) is 0. The fraction of sp³-hybridized carbons (Fsp3) is 0.250. The highest BCUT2D eigenvalue weighted by atomic mass is 16.7. The zero-order valence-corrected chi connectivity index (χ0v) is 15.1. The second-order valence-corrected chi connectivity index (χ2v) is 6.47. The molecule has 1 aromatic heterocycles. The first kappa shape index (κ1) is 17.8. The molecule has 0 spiro atoms. The lowest BCUT2D eigenvalue weighted by Gasteiger charge is -2.10. The van der Waals surface area contributed by atoms with E-state index < -0.39 is 11.2 Å². The van der Waals surface area contributed by atoms with E-state index in [1.165, 1.54) is 4.57 Å². The summed E-state index contributed by atoms with van der Waals surface area (Å²) < 4.78 is 12.0. The Balaban J connectivity index is 1.34. The van der Waals surface area contributed by atoms with Gasteiger partial charge in [0, 0.05) is 19.5 Å². The maximum absolute atomic E-state index is 12.2. The molecule has 0 fully saturated rings. The number of rotatable bonds is 6. The van der Waals surface area contributed by atoms with Gasteiger partial charge in [-0.3, -0.25) is 19.1 Å². The Labute approximate surface area is 159 Å². The second-order valence-electron chi connectivity index (χ2n) is 6.47. The number of nitrogens with zero attached hydrogens (tertiary/aromatic N) is 1. The molecular formula is C20H19N3O5. The molecule has 8 nitrogen and oxygen atoms in total. The van der Waals surface area contributed by atoms with Crippen LogP contribution in [0, 0.1) is 0 Å². The van der Waals surface area contributed by atoms with E-state index in [4.69, 9.17) is 9.47 Å². The predicted molar refractivity (Wildman–Crippen MR) is 103 cm³/mol. The predicted octanol–water partition coefficient (Wildman–Crippen LogP) is 1.17. The third-order valence-corrected chi connectivity index (χ3v) is 4.64. The molecule has 0 unspecified atom stereocenters. The zero-order chi connectivity index (χ0) is 19.5. The van der Waals surface area contributed by atoms with Crippen molar-refractivity contribution < 1.29 is 14.3 Å². The summed E-state index contributed by atoms with van der Waals surface area (Å²) in [6, 6.07) is 12.5. The first-order valence-electron chi connectivity index (χ1n) is 8.99. The Kier molecular flexibility index (Phi) is 4.84. The van der Waals surface area contributed by atoms with E-state index >= 15 is 0 Å². The van der Waals surface area contributed by atoms with Crippen LogP contribution in [0.5, 0.6) is 11.5 Å². The van der Waals surface area contributed by atoms with E-state index in [0.717, 1.165) is 11.3 Å². The zero-order valence-electron chi connectivity index (χ0n) is 15.1. The molecule has 0 radical (unpaired) electrons. The SMILES string of the molecule is O=C(CCn1c(=O)[nH]c(=O)c2ccccc21)NCCc1ccc2c(c1)OCO2. The Bertz CT molecular complexity index is 1150. The molecule has 2 heterocycles. The molecule has 0 saturated carbocycles. The fourth-order valence-corrected chi connectivity index (χ4v) is 3.21. The summed E-state index contributed by atoms with van der Waals surface area (Å²) in [5.74, 6) is 1.28. The van der Waals surface area contributed by atoms with Gasteiger partial charge in [0.05, 0.1) is 10.9 Å². The molecular weight excluding hydrogens is 362 g/mol. The highest BCUT2D eigenvalue weighted by Gasteiger charge is 2.13. The summed E-state index contributed by atoms with van der Waals surface area (Å²) in [6.07, 6.45) is 0.793. The number of benzene rings is 2. The largest absolute Gasteiger partial charge is 0.454 e. The monoisotopic (exact) mass is 381 g/mol. The van der Waals surface area contributed by atoms with Crippen LogP contribution in [0.1, 0.15) is 12.0 Å². The van der Waals surface area contributed by atoms with Crippen molar-refractivity contribution in [3.63, 3.8) is 0 Å². The van der Waals surface area contributed by atoms with Gasteiger partial charge < -0.3 is 14.8 Å². The van der Waals surface area contributed by atoms with Gasteiger partial charge in [0.2, 0.25) is 12.7 Å². The van der Waals surface area contributed by atoms with E-state index in [2.05, 4.69) is 10.3 Å². The summed E-state index contributed by atoms with van der Waals surface area (Å²) >= 11 is 0. The van der Waals surface area contributed by atoms with Crippen molar-refractivity contribution >= 4 is 16.8 Å². The number of aryl methyl sites for hydroxylation is 1. The van der Waals surface area contributed by atoms with Crippen molar-refractivity contribution in [2.45, 2.75) is 19.4 Å².